The van der Waals surface area contributed by atoms with Gasteiger partial charge in [0.1, 0.15) is 0 Å². The van der Waals surface area contributed by atoms with E-state index in [0.29, 0.717) is 56.0 Å². The van der Waals surface area contributed by atoms with E-state index in [1.807, 2.05) is 13.8 Å². The van der Waals surface area contributed by atoms with Crippen LogP contribution in [-0.2, 0) is 18.4 Å². The van der Waals surface area contributed by atoms with Crippen molar-refractivity contribution in [2.24, 2.45) is 47.3 Å². The van der Waals surface area contributed by atoms with Crippen molar-refractivity contribution >= 4 is 14.5 Å². The third kappa shape index (κ3) is 3.98. The summed E-state index contributed by atoms with van der Waals surface area (Å²) in [7, 11) is -2.06. The highest BCUT2D eigenvalue weighted by molar-refractivity contribution is 6.66. The Morgan fingerprint density at radius 2 is 1.69 bits per heavy atom. The van der Waals surface area contributed by atoms with E-state index in [0.717, 1.165) is 37.1 Å². The molecule has 29 heavy (non-hydrogen) atoms. The average molecular weight is 423 g/mol. The highest BCUT2D eigenvalue weighted by Crippen LogP contribution is 2.69. The number of ether oxygens (including phenoxy) is 1. The molecule has 4 aliphatic rings. The summed E-state index contributed by atoms with van der Waals surface area (Å²) in [5.41, 5.74) is 0. The smallest absolute Gasteiger partial charge is 0.334 e. The third-order valence-electron chi connectivity index (χ3n) is 8.29. The fourth-order valence-electron chi connectivity index (χ4n) is 7.54. The van der Waals surface area contributed by atoms with Gasteiger partial charge in [-0.25, -0.2) is 0 Å². The molecule has 1 N–H and O–H groups in total. The highest BCUT2D eigenvalue weighted by Gasteiger charge is 2.65. The van der Waals surface area contributed by atoms with Gasteiger partial charge in [-0.1, -0.05) is 12.2 Å². The standard InChI is InChI=1S/C23H38O5Si/c1-4-27-29(3,28-5-2)12-6-10-26-11-9-17-18-14-19(22(17)23(24)25)21-16-8-7-15(13-16)20(18)21/h7-8,15-22H,4-6,9-14H2,1-3H3,(H,24,25). The average Bonchev–Trinajstić information content (AvgIpc) is 3.43. The molecule has 0 spiro atoms. The van der Waals surface area contributed by atoms with Crippen LogP contribution in [0.1, 0.15) is 39.5 Å². The topological polar surface area (TPSA) is 65.0 Å². The summed E-state index contributed by atoms with van der Waals surface area (Å²) in [6, 6.07) is 0.944. The molecule has 0 aromatic rings. The fraction of sp³-hybridized carbons (Fsp3) is 0.870. The summed E-state index contributed by atoms with van der Waals surface area (Å²) in [5.74, 6) is 3.36. The molecule has 3 fully saturated rings. The zero-order valence-electron chi connectivity index (χ0n) is 18.2. The van der Waals surface area contributed by atoms with Crippen LogP contribution in [0.4, 0.5) is 0 Å². The number of hydrogen-bond donors (Lipinski definition) is 1. The number of carbonyl (C=O) groups is 1. The highest BCUT2D eigenvalue weighted by atomic mass is 28.4. The SMILES string of the molecule is CCO[Si](C)(CCCOCCC1C2CC(C1C(=O)O)C1C3C=CC(C3)C21)OCC. The molecule has 0 saturated heterocycles. The van der Waals surface area contributed by atoms with Crippen molar-refractivity contribution in [1.29, 1.82) is 0 Å². The summed E-state index contributed by atoms with van der Waals surface area (Å²) in [6.07, 6.45) is 9.06. The Morgan fingerprint density at radius 3 is 2.31 bits per heavy atom. The molecule has 0 heterocycles. The number of rotatable bonds is 12. The summed E-state index contributed by atoms with van der Waals surface area (Å²) >= 11 is 0. The molecule has 164 valence electrons. The van der Waals surface area contributed by atoms with Gasteiger partial charge in [-0.2, -0.15) is 0 Å². The maximum atomic E-state index is 12.1. The van der Waals surface area contributed by atoms with Gasteiger partial charge < -0.3 is 18.7 Å². The van der Waals surface area contributed by atoms with E-state index in [4.69, 9.17) is 13.6 Å². The lowest BCUT2D eigenvalue weighted by molar-refractivity contribution is -0.148. The van der Waals surface area contributed by atoms with E-state index < -0.39 is 14.5 Å². The molecule has 0 aromatic heterocycles. The Morgan fingerprint density at radius 1 is 1.03 bits per heavy atom. The Labute approximate surface area is 176 Å². The fourth-order valence-corrected chi connectivity index (χ4v) is 9.92. The predicted octanol–water partition coefficient (Wildman–Crippen LogP) is 4.33. The predicted molar refractivity (Wildman–Crippen MR) is 114 cm³/mol. The Kier molecular flexibility index (Phi) is 6.54. The van der Waals surface area contributed by atoms with Gasteiger partial charge in [0.15, 0.2) is 0 Å². The van der Waals surface area contributed by atoms with E-state index in [9.17, 15) is 9.90 Å². The maximum Gasteiger partial charge on any atom is 0.334 e. The molecule has 4 aliphatic carbocycles. The van der Waals surface area contributed by atoms with Gasteiger partial charge in [0.05, 0.1) is 5.92 Å². The van der Waals surface area contributed by atoms with Crippen molar-refractivity contribution in [3.63, 3.8) is 0 Å². The first-order chi connectivity index (χ1) is 14.0. The van der Waals surface area contributed by atoms with E-state index >= 15 is 0 Å². The number of fused-ring (bicyclic) bond motifs is 9. The van der Waals surface area contributed by atoms with E-state index in [1.165, 1.54) is 6.42 Å². The van der Waals surface area contributed by atoms with Gasteiger partial charge in [-0.15, -0.1) is 0 Å². The van der Waals surface area contributed by atoms with Crippen LogP contribution in [0.2, 0.25) is 12.6 Å². The van der Waals surface area contributed by atoms with E-state index in [1.54, 1.807) is 0 Å². The van der Waals surface area contributed by atoms with Crippen LogP contribution in [0.15, 0.2) is 12.2 Å². The Bertz CT molecular complexity index is 616. The Balaban J connectivity index is 1.25. The summed E-state index contributed by atoms with van der Waals surface area (Å²) in [4.78, 5) is 12.1. The molecular formula is C23H38O5Si. The van der Waals surface area contributed by atoms with Crippen LogP contribution in [0.5, 0.6) is 0 Å². The number of hydrogen-bond acceptors (Lipinski definition) is 4. The van der Waals surface area contributed by atoms with Gasteiger partial charge in [-0.3, -0.25) is 4.79 Å². The van der Waals surface area contributed by atoms with Crippen LogP contribution in [0, 0.1) is 47.3 Å². The first-order valence-electron chi connectivity index (χ1n) is 11.8. The van der Waals surface area contributed by atoms with Crippen LogP contribution < -0.4 is 0 Å². The molecule has 0 aromatic carbocycles. The largest absolute Gasteiger partial charge is 0.481 e. The Hall–Kier alpha value is -0.693. The summed E-state index contributed by atoms with van der Waals surface area (Å²) in [5, 5.41) is 9.95. The molecule has 0 amide bonds. The number of aliphatic carboxylic acids is 1. The first kappa shape index (κ1) is 21.5. The monoisotopic (exact) mass is 422 g/mol. The second-order valence-electron chi connectivity index (χ2n) is 9.70. The van der Waals surface area contributed by atoms with Gasteiger partial charge in [0.2, 0.25) is 0 Å². The number of carboxylic acid groups (broad SMARTS) is 1. The van der Waals surface area contributed by atoms with E-state index in [-0.39, 0.29) is 5.92 Å². The van der Waals surface area contributed by atoms with Crippen molar-refractivity contribution in [3.05, 3.63) is 12.2 Å². The number of carboxylic acids is 1. The summed E-state index contributed by atoms with van der Waals surface area (Å²) < 4.78 is 17.7. The van der Waals surface area contributed by atoms with Crippen molar-refractivity contribution in [3.8, 4) is 0 Å². The molecular weight excluding hydrogens is 384 g/mol. The molecule has 5 nitrogen and oxygen atoms in total. The lowest BCUT2D eigenvalue weighted by Crippen LogP contribution is -2.41. The molecule has 0 aliphatic heterocycles. The van der Waals surface area contributed by atoms with Crippen LogP contribution in [0.3, 0.4) is 0 Å². The van der Waals surface area contributed by atoms with Gasteiger partial charge >= 0.3 is 14.5 Å². The van der Waals surface area contributed by atoms with Crippen LogP contribution in [-0.4, -0.2) is 46.1 Å². The van der Waals surface area contributed by atoms with Gasteiger partial charge in [-0.05, 0) is 93.5 Å². The van der Waals surface area contributed by atoms with Crippen LogP contribution >= 0.6 is 0 Å². The number of allylic oxidation sites excluding steroid dienone is 2. The third-order valence-corrected chi connectivity index (χ3v) is 11.3. The lowest BCUT2D eigenvalue weighted by Gasteiger charge is -2.40. The normalized spacial score (nSPS) is 39.4. The lowest BCUT2D eigenvalue weighted by atomic mass is 9.64. The van der Waals surface area contributed by atoms with Gasteiger partial charge in [0.25, 0.3) is 0 Å². The second-order valence-corrected chi connectivity index (χ2v) is 13.0. The molecule has 6 heteroatoms. The van der Waals surface area contributed by atoms with Gasteiger partial charge in [0, 0.05) is 26.4 Å². The maximum absolute atomic E-state index is 12.1. The molecule has 8 unspecified atom stereocenters. The molecule has 0 radical (unpaired) electrons. The minimum atomic E-state index is -2.06. The minimum Gasteiger partial charge on any atom is -0.481 e. The van der Waals surface area contributed by atoms with Crippen molar-refractivity contribution in [2.75, 3.05) is 26.4 Å². The molecule has 4 bridgehead atoms. The van der Waals surface area contributed by atoms with E-state index in [2.05, 4.69) is 18.7 Å². The molecule has 4 rings (SSSR count). The molecule has 3 saturated carbocycles. The van der Waals surface area contributed by atoms with Crippen molar-refractivity contribution in [1.82, 2.24) is 0 Å². The molecule has 8 atom stereocenters. The van der Waals surface area contributed by atoms with Crippen molar-refractivity contribution in [2.45, 2.75) is 52.1 Å². The minimum absolute atomic E-state index is 0.149. The summed E-state index contributed by atoms with van der Waals surface area (Å²) in [6.45, 7) is 8.96. The first-order valence-corrected chi connectivity index (χ1v) is 14.3. The quantitative estimate of drug-likeness (QED) is 0.219. The second kappa shape index (κ2) is 8.81. The zero-order chi connectivity index (χ0) is 20.6. The van der Waals surface area contributed by atoms with Crippen LogP contribution in [0.25, 0.3) is 0 Å². The zero-order valence-corrected chi connectivity index (χ0v) is 19.2. The van der Waals surface area contributed by atoms with Crippen molar-refractivity contribution < 1.29 is 23.5 Å².